The minimum absolute atomic E-state index is 0.0395. The van der Waals surface area contributed by atoms with Crippen molar-refractivity contribution >= 4 is 29.0 Å². The molecule has 0 aromatic carbocycles. The first kappa shape index (κ1) is 18.5. The van der Waals surface area contributed by atoms with Gasteiger partial charge in [-0.05, 0) is 24.3 Å². The fourth-order valence-electron chi connectivity index (χ4n) is 3.06. The molecule has 0 bridgehead atoms. The fourth-order valence-corrected chi connectivity index (χ4v) is 4.34. The molecule has 1 saturated carbocycles. The smallest absolute Gasteiger partial charge is 0.252 e. The van der Waals surface area contributed by atoms with E-state index in [1.807, 2.05) is 17.5 Å². The molecule has 0 aliphatic heterocycles. The van der Waals surface area contributed by atoms with E-state index in [1.165, 1.54) is 6.42 Å². The van der Waals surface area contributed by atoms with Gasteiger partial charge in [-0.1, -0.05) is 51.3 Å². The molecule has 0 atom stereocenters. The van der Waals surface area contributed by atoms with E-state index >= 15 is 0 Å². The first-order chi connectivity index (χ1) is 11.9. The van der Waals surface area contributed by atoms with Crippen molar-refractivity contribution in [1.29, 1.82) is 0 Å². The lowest BCUT2D eigenvalue weighted by Crippen LogP contribution is -2.48. The third-order valence-corrected chi connectivity index (χ3v) is 6.44. The molecule has 2 aromatic rings. The second kappa shape index (κ2) is 7.50. The predicted molar refractivity (Wildman–Crippen MR) is 103 cm³/mol. The van der Waals surface area contributed by atoms with Crippen LogP contribution in [0.1, 0.15) is 58.8 Å². The van der Waals surface area contributed by atoms with E-state index in [-0.39, 0.29) is 10.7 Å². The van der Waals surface area contributed by atoms with Crippen LogP contribution in [0, 0.1) is 0 Å². The van der Waals surface area contributed by atoms with Crippen LogP contribution in [0.25, 0.3) is 10.7 Å². The summed E-state index contributed by atoms with van der Waals surface area (Å²) in [6, 6.07) is 3.95. The van der Waals surface area contributed by atoms with Crippen molar-refractivity contribution in [3.8, 4) is 10.7 Å². The van der Waals surface area contributed by atoms with Crippen LogP contribution in [-0.2, 0) is 10.3 Å². The Bertz CT molecular complexity index is 698. The quantitative estimate of drug-likeness (QED) is 0.822. The Hall–Kier alpha value is -1.34. The van der Waals surface area contributed by atoms with E-state index in [2.05, 4.69) is 36.2 Å². The minimum atomic E-state index is -0.518. The topological polar surface area (TPSA) is 68.0 Å². The number of thiophene rings is 1. The van der Waals surface area contributed by atoms with Crippen LogP contribution < -0.4 is 5.32 Å². The van der Waals surface area contributed by atoms with Crippen molar-refractivity contribution in [3.05, 3.63) is 23.4 Å². The number of amides is 1. The highest BCUT2D eigenvalue weighted by atomic mass is 32.2. The number of thioether (sulfide) groups is 1. The number of nitrogens with zero attached hydrogens (tertiary/aromatic N) is 2. The van der Waals surface area contributed by atoms with Crippen LogP contribution in [0.3, 0.4) is 0 Å². The number of hydrogen-bond donors (Lipinski definition) is 1. The van der Waals surface area contributed by atoms with E-state index in [0.29, 0.717) is 17.5 Å². The van der Waals surface area contributed by atoms with Crippen molar-refractivity contribution < 1.29 is 9.32 Å². The molecule has 136 valence electrons. The lowest BCUT2D eigenvalue weighted by molar-refractivity contribution is -0.121. The van der Waals surface area contributed by atoms with Gasteiger partial charge in [0.2, 0.25) is 11.7 Å². The third kappa shape index (κ3) is 4.64. The maximum atomic E-state index is 12.6. The predicted octanol–water partition coefficient (Wildman–Crippen LogP) is 4.61. The third-order valence-electron chi connectivity index (χ3n) is 4.30. The molecular weight excluding hydrogens is 354 g/mol. The SMILES string of the molecule is CC(C)(C)SCC(=O)NC1(c2nc(-c3cccs3)no2)CCCCC1. The van der Waals surface area contributed by atoms with E-state index in [0.717, 1.165) is 30.6 Å². The summed E-state index contributed by atoms with van der Waals surface area (Å²) in [5, 5.41) is 9.36. The van der Waals surface area contributed by atoms with Crippen LogP contribution in [0.15, 0.2) is 22.0 Å². The molecule has 0 saturated heterocycles. The minimum Gasteiger partial charge on any atom is -0.341 e. The van der Waals surface area contributed by atoms with Crippen molar-refractivity contribution in [2.75, 3.05) is 5.75 Å². The molecule has 1 fully saturated rings. The highest BCUT2D eigenvalue weighted by molar-refractivity contribution is 8.01. The molecule has 0 spiro atoms. The number of rotatable bonds is 5. The summed E-state index contributed by atoms with van der Waals surface area (Å²) in [5.41, 5.74) is -0.518. The number of aromatic nitrogens is 2. The molecule has 25 heavy (non-hydrogen) atoms. The summed E-state index contributed by atoms with van der Waals surface area (Å²) in [4.78, 5) is 18.2. The monoisotopic (exact) mass is 379 g/mol. The van der Waals surface area contributed by atoms with E-state index in [1.54, 1.807) is 23.1 Å². The molecule has 3 rings (SSSR count). The molecule has 1 N–H and O–H groups in total. The normalized spacial score (nSPS) is 17.4. The molecule has 0 unspecified atom stereocenters. The van der Waals surface area contributed by atoms with Crippen LogP contribution in [0.2, 0.25) is 0 Å². The lowest BCUT2D eigenvalue weighted by atomic mass is 9.81. The highest BCUT2D eigenvalue weighted by Crippen LogP contribution is 2.37. The first-order valence-corrected chi connectivity index (χ1v) is 10.6. The average Bonchev–Trinajstić information content (AvgIpc) is 3.24. The van der Waals surface area contributed by atoms with E-state index in [9.17, 15) is 4.79 Å². The molecule has 0 radical (unpaired) electrons. The van der Waals surface area contributed by atoms with Gasteiger partial charge >= 0.3 is 0 Å². The summed E-state index contributed by atoms with van der Waals surface area (Å²) >= 11 is 3.23. The lowest BCUT2D eigenvalue weighted by Gasteiger charge is -2.35. The van der Waals surface area contributed by atoms with Crippen LogP contribution in [0.4, 0.5) is 0 Å². The largest absolute Gasteiger partial charge is 0.341 e. The zero-order valence-electron chi connectivity index (χ0n) is 15.0. The van der Waals surface area contributed by atoms with Crippen molar-refractivity contribution in [2.24, 2.45) is 0 Å². The van der Waals surface area contributed by atoms with Crippen molar-refractivity contribution in [2.45, 2.75) is 63.2 Å². The van der Waals surface area contributed by atoms with Gasteiger partial charge < -0.3 is 9.84 Å². The maximum Gasteiger partial charge on any atom is 0.252 e. The summed E-state index contributed by atoms with van der Waals surface area (Å²) < 4.78 is 5.67. The van der Waals surface area contributed by atoms with Gasteiger partial charge in [-0.3, -0.25) is 4.79 Å². The zero-order chi connectivity index (χ0) is 17.9. The molecule has 1 aliphatic rings. The van der Waals surface area contributed by atoms with Gasteiger partial charge in [0.05, 0.1) is 10.6 Å². The van der Waals surface area contributed by atoms with Gasteiger partial charge in [0.1, 0.15) is 5.54 Å². The Morgan fingerprint density at radius 3 is 2.76 bits per heavy atom. The average molecular weight is 380 g/mol. The number of carbonyl (C=O) groups is 1. The summed E-state index contributed by atoms with van der Waals surface area (Å²) in [6.45, 7) is 6.35. The zero-order valence-corrected chi connectivity index (χ0v) is 16.6. The number of nitrogens with one attached hydrogen (secondary N) is 1. The second-order valence-electron chi connectivity index (χ2n) is 7.49. The number of carbonyl (C=O) groups excluding carboxylic acids is 1. The summed E-state index contributed by atoms with van der Waals surface area (Å²) in [6.07, 6.45) is 5.00. The fraction of sp³-hybridized carbons (Fsp3) is 0.611. The van der Waals surface area contributed by atoms with Crippen molar-refractivity contribution in [3.63, 3.8) is 0 Å². The molecule has 1 aliphatic carbocycles. The van der Waals surface area contributed by atoms with Crippen LogP contribution in [-0.4, -0.2) is 26.5 Å². The highest BCUT2D eigenvalue weighted by Gasteiger charge is 2.40. The van der Waals surface area contributed by atoms with Gasteiger partial charge in [0.25, 0.3) is 5.89 Å². The van der Waals surface area contributed by atoms with E-state index < -0.39 is 5.54 Å². The van der Waals surface area contributed by atoms with Gasteiger partial charge in [-0.25, -0.2) is 0 Å². The molecule has 1 amide bonds. The Morgan fingerprint density at radius 1 is 1.36 bits per heavy atom. The summed E-state index contributed by atoms with van der Waals surface area (Å²) in [7, 11) is 0. The number of hydrogen-bond acceptors (Lipinski definition) is 6. The van der Waals surface area contributed by atoms with Gasteiger partial charge in [0.15, 0.2) is 0 Å². The van der Waals surface area contributed by atoms with E-state index in [4.69, 9.17) is 4.52 Å². The van der Waals surface area contributed by atoms with Gasteiger partial charge in [-0.15, -0.1) is 23.1 Å². The standard InChI is InChI=1S/C18H25N3O2S2/c1-17(2,3)25-12-14(22)20-18(9-5-4-6-10-18)16-19-15(21-23-16)13-8-7-11-24-13/h7-8,11H,4-6,9-10,12H2,1-3H3,(H,20,22). The molecule has 2 aromatic heterocycles. The van der Waals surface area contributed by atoms with Crippen LogP contribution in [0.5, 0.6) is 0 Å². The maximum absolute atomic E-state index is 12.6. The van der Waals surface area contributed by atoms with Crippen LogP contribution >= 0.6 is 23.1 Å². The molecule has 5 nitrogen and oxygen atoms in total. The Kier molecular flexibility index (Phi) is 5.53. The van der Waals surface area contributed by atoms with Gasteiger partial charge in [-0.2, -0.15) is 4.98 Å². The molecule has 2 heterocycles. The Labute approximate surface area is 157 Å². The molecular formula is C18H25N3O2S2. The van der Waals surface area contributed by atoms with Crippen molar-refractivity contribution in [1.82, 2.24) is 15.5 Å². The van der Waals surface area contributed by atoms with Gasteiger partial charge in [0, 0.05) is 4.75 Å². The molecule has 7 heteroatoms. The Morgan fingerprint density at radius 2 is 2.12 bits per heavy atom. The first-order valence-electron chi connectivity index (χ1n) is 8.71. The summed E-state index contributed by atoms with van der Waals surface area (Å²) in [5.74, 6) is 1.63. The Balaban J connectivity index is 1.78. The second-order valence-corrected chi connectivity index (χ2v) is 10.2.